The van der Waals surface area contributed by atoms with Crippen molar-refractivity contribution in [3.63, 3.8) is 0 Å². The molecule has 9 heteroatoms. The monoisotopic (exact) mass is 384 g/mol. The molecule has 1 aromatic rings. The number of halogens is 2. The van der Waals surface area contributed by atoms with Crippen LogP contribution in [-0.4, -0.2) is 66.4 Å². The van der Waals surface area contributed by atoms with E-state index in [2.05, 4.69) is 10.6 Å². The molecule has 0 aromatic heterocycles. The van der Waals surface area contributed by atoms with Gasteiger partial charge in [-0.1, -0.05) is 11.6 Å². The van der Waals surface area contributed by atoms with Crippen molar-refractivity contribution < 1.29 is 18.8 Å². The summed E-state index contributed by atoms with van der Waals surface area (Å²) in [7, 11) is 0. The molecule has 1 fully saturated rings. The highest BCUT2D eigenvalue weighted by atomic mass is 35.5. The summed E-state index contributed by atoms with van der Waals surface area (Å²) in [6.07, 6.45) is 0. The van der Waals surface area contributed by atoms with Gasteiger partial charge in [0.25, 0.3) is 5.91 Å². The van der Waals surface area contributed by atoms with Gasteiger partial charge in [0, 0.05) is 32.7 Å². The van der Waals surface area contributed by atoms with Gasteiger partial charge >= 0.3 is 6.03 Å². The SMILES string of the molecule is CCNC(=O)NC(=O)C(C)N1CCN(C(=O)c2ccc(F)cc2Cl)CC1. The van der Waals surface area contributed by atoms with Crippen molar-refractivity contribution in [3.8, 4) is 0 Å². The largest absolute Gasteiger partial charge is 0.338 e. The predicted molar refractivity (Wildman–Crippen MR) is 95.6 cm³/mol. The number of carbonyl (C=O) groups excluding carboxylic acids is 3. The average molecular weight is 385 g/mol. The number of nitrogens with one attached hydrogen (secondary N) is 2. The second-order valence-corrected chi connectivity index (χ2v) is 6.38. The molecule has 1 saturated heterocycles. The molecule has 0 aliphatic carbocycles. The first-order valence-electron chi connectivity index (χ1n) is 8.40. The number of hydrogen-bond acceptors (Lipinski definition) is 4. The van der Waals surface area contributed by atoms with Crippen LogP contribution in [0, 0.1) is 5.82 Å². The van der Waals surface area contributed by atoms with Crippen molar-refractivity contribution in [1.82, 2.24) is 20.4 Å². The van der Waals surface area contributed by atoms with E-state index in [0.717, 1.165) is 6.07 Å². The molecule has 2 rings (SSSR count). The highest BCUT2D eigenvalue weighted by Gasteiger charge is 2.29. The lowest BCUT2D eigenvalue weighted by molar-refractivity contribution is -0.125. The Morgan fingerprint density at radius 2 is 1.88 bits per heavy atom. The van der Waals surface area contributed by atoms with E-state index in [1.54, 1.807) is 18.7 Å². The summed E-state index contributed by atoms with van der Waals surface area (Å²) in [5, 5.41) is 4.86. The Balaban J connectivity index is 1.90. The van der Waals surface area contributed by atoms with Crippen LogP contribution >= 0.6 is 11.6 Å². The second-order valence-electron chi connectivity index (χ2n) is 5.98. The van der Waals surface area contributed by atoms with Gasteiger partial charge in [-0.15, -0.1) is 0 Å². The highest BCUT2D eigenvalue weighted by molar-refractivity contribution is 6.33. The van der Waals surface area contributed by atoms with Gasteiger partial charge in [-0.05, 0) is 32.0 Å². The summed E-state index contributed by atoms with van der Waals surface area (Å²) in [5.41, 5.74) is 0.253. The van der Waals surface area contributed by atoms with Crippen LogP contribution in [-0.2, 0) is 4.79 Å². The maximum atomic E-state index is 13.1. The number of piperazine rings is 1. The van der Waals surface area contributed by atoms with Crippen LogP contribution in [0.1, 0.15) is 24.2 Å². The average Bonchev–Trinajstić information content (AvgIpc) is 2.61. The van der Waals surface area contributed by atoms with E-state index in [1.807, 2.05) is 4.90 Å². The van der Waals surface area contributed by atoms with Crippen LogP contribution in [0.3, 0.4) is 0 Å². The maximum Gasteiger partial charge on any atom is 0.321 e. The molecule has 142 valence electrons. The fraction of sp³-hybridized carbons (Fsp3) is 0.471. The molecular weight excluding hydrogens is 363 g/mol. The van der Waals surface area contributed by atoms with Crippen LogP contribution in [0.15, 0.2) is 18.2 Å². The second kappa shape index (κ2) is 8.95. The molecular formula is C17H22ClFN4O3. The number of nitrogens with zero attached hydrogens (tertiary/aromatic N) is 2. The van der Waals surface area contributed by atoms with Gasteiger partial charge in [0.2, 0.25) is 5.91 Å². The van der Waals surface area contributed by atoms with Crippen LogP contribution in [0.25, 0.3) is 0 Å². The van der Waals surface area contributed by atoms with E-state index in [9.17, 15) is 18.8 Å². The zero-order chi connectivity index (χ0) is 19.3. The van der Waals surface area contributed by atoms with Crippen molar-refractivity contribution in [2.45, 2.75) is 19.9 Å². The minimum Gasteiger partial charge on any atom is -0.338 e. The van der Waals surface area contributed by atoms with Crippen LogP contribution in [0.4, 0.5) is 9.18 Å². The first kappa shape index (κ1) is 20.1. The van der Waals surface area contributed by atoms with Crippen molar-refractivity contribution in [2.24, 2.45) is 0 Å². The minimum absolute atomic E-state index is 0.0760. The Morgan fingerprint density at radius 3 is 2.46 bits per heavy atom. The van der Waals surface area contributed by atoms with Crippen molar-refractivity contribution in [1.29, 1.82) is 0 Å². The summed E-state index contributed by atoms with van der Waals surface area (Å²) in [6, 6.07) is 2.66. The van der Waals surface area contributed by atoms with Gasteiger partial charge < -0.3 is 10.2 Å². The predicted octanol–water partition coefficient (Wildman–Crippen LogP) is 1.47. The Morgan fingerprint density at radius 1 is 1.23 bits per heavy atom. The number of hydrogen-bond donors (Lipinski definition) is 2. The number of imide groups is 1. The molecule has 0 radical (unpaired) electrons. The first-order chi connectivity index (χ1) is 12.3. The third-order valence-electron chi connectivity index (χ3n) is 4.26. The highest BCUT2D eigenvalue weighted by Crippen LogP contribution is 2.20. The minimum atomic E-state index is -0.524. The summed E-state index contributed by atoms with van der Waals surface area (Å²) < 4.78 is 13.1. The number of benzene rings is 1. The Kier molecular flexibility index (Phi) is 6.93. The fourth-order valence-electron chi connectivity index (χ4n) is 2.73. The van der Waals surface area contributed by atoms with Crippen molar-refractivity contribution in [3.05, 3.63) is 34.6 Å². The Bertz CT molecular complexity index is 693. The molecule has 2 N–H and O–H groups in total. The third-order valence-corrected chi connectivity index (χ3v) is 4.58. The maximum absolute atomic E-state index is 13.1. The number of carbonyl (C=O) groups is 3. The molecule has 1 aromatic carbocycles. The number of urea groups is 1. The lowest BCUT2D eigenvalue weighted by Gasteiger charge is -2.37. The number of amides is 4. The van der Waals surface area contributed by atoms with E-state index in [4.69, 9.17) is 11.6 Å². The molecule has 26 heavy (non-hydrogen) atoms. The van der Waals surface area contributed by atoms with Crippen LogP contribution in [0.2, 0.25) is 5.02 Å². The summed E-state index contributed by atoms with van der Waals surface area (Å²) in [4.78, 5) is 39.6. The molecule has 7 nitrogen and oxygen atoms in total. The van der Waals surface area contributed by atoms with Gasteiger partial charge in [0.1, 0.15) is 5.82 Å². The van der Waals surface area contributed by atoms with E-state index >= 15 is 0 Å². The van der Waals surface area contributed by atoms with Crippen molar-refractivity contribution >= 4 is 29.4 Å². The van der Waals surface area contributed by atoms with E-state index in [1.165, 1.54) is 12.1 Å². The van der Waals surface area contributed by atoms with Gasteiger partial charge in [0.05, 0.1) is 16.6 Å². The number of rotatable bonds is 4. The topological polar surface area (TPSA) is 81.8 Å². The van der Waals surface area contributed by atoms with E-state index < -0.39 is 23.8 Å². The molecule has 0 saturated carbocycles. The van der Waals surface area contributed by atoms with Gasteiger partial charge in [-0.3, -0.25) is 19.8 Å². The molecule has 1 atom stereocenters. The molecule has 4 amide bonds. The standard InChI is InChI=1S/C17H22ClFN4O3/c1-3-20-17(26)21-15(24)11(2)22-6-8-23(9-7-22)16(25)13-5-4-12(19)10-14(13)18/h4-5,10-11H,3,6-9H2,1-2H3,(H2,20,21,24,26). The zero-order valence-electron chi connectivity index (χ0n) is 14.7. The third kappa shape index (κ3) is 4.92. The summed E-state index contributed by atoms with van der Waals surface area (Å²) in [5.74, 6) is -1.16. The summed E-state index contributed by atoms with van der Waals surface area (Å²) >= 11 is 5.95. The molecule has 0 spiro atoms. The van der Waals surface area contributed by atoms with Crippen molar-refractivity contribution in [2.75, 3.05) is 32.7 Å². The van der Waals surface area contributed by atoms with Gasteiger partial charge in [-0.25, -0.2) is 9.18 Å². The normalized spacial score (nSPS) is 16.1. The molecule has 1 aliphatic heterocycles. The quantitative estimate of drug-likeness (QED) is 0.823. The molecule has 1 unspecified atom stereocenters. The summed E-state index contributed by atoms with van der Waals surface area (Å²) in [6.45, 7) is 5.68. The smallest absolute Gasteiger partial charge is 0.321 e. The molecule has 0 bridgehead atoms. The Hall–Kier alpha value is -2.19. The van der Waals surface area contributed by atoms with Crippen LogP contribution in [0.5, 0.6) is 0 Å². The van der Waals surface area contributed by atoms with Crippen LogP contribution < -0.4 is 10.6 Å². The molecule has 1 aliphatic rings. The molecule has 1 heterocycles. The first-order valence-corrected chi connectivity index (χ1v) is 8.78. The van der Waals surface area contributed by atoms with Gasteiger partial charge in [-0.2, -0.15) is 0 Å². The van der Waals surface area contributed by atoms with Gasteiger partial charge in [0.15, 0.2) is 0 Å². The fourth-order valence-corrected chi connectivity index (χ4v) is 2.98. The zero-order valence-corrected chi connectivity index (χ0v) is 15.5. The van der Waals surface area contributed by atoms with E-state index in [-0.39, 0.29) is 16.5 Å². The lowest BCUT2D eigenvalue weighted by Crippen LogP contribution is -2.56. The lowest BCUT2D eigenvalue weighted by atomic mass is 10.1. The van der Waals surface area contributed by atoms with E-state index in [0.29, 0.717) is 32.7 Å². The Labute approximate surface area is 156 Å².